The molecule has 0 aliphatic carbocycles. The van der Waals surface area contributed by atoms with Crippen molar-refractivity contribution in [2.24, 2.45) is 0 Å². The number of ether oxygens (including phenoxy) is 1. The molecule has 0 saturated carbocycles. The highest BCUT2D eigenvalue weighted by atomic mass is 28.3. The van der Waals surface area contributed by atoms with Crippen molar-refractivity contribution in [3.8, 4) is 33.8 Å². The van der Waals surface area contributed by atoms with Crippen LogP contribution in [0.3, 0.4) is 0 Å². The van der Waals surface area contributed by atoms with Crippen molar-refractivity contribution in [2.45, 2.75) is 0 Å². The Labute approximate surface area is 300 Å². The molecule has 8 aromatic carbocycles. The number of fused-ring (bicyclic) bond motifs is 2. The van der Waals surface area contributed by atoms with Gasteiger partial charge in [-0.3, -0.25) is 0 Å². The number of anilines is 3. The molecule has 51 heavy (non-hydrogen) atoms. The molecule has 1 aliphatic heterocycles. The number of nitrogens with zero attached hydrogens (tertiary/aromatic N) is 1. The van der Waals surface area contributed by atoms with Crippen LogP contribution >= 0.6 is 0 Å². The summed E-state index contributed by atoms with van der Waals surface area (Å²) in [6.07, 6.45) is 0. The third-order valence-corrected chi connectivity index (χ3v) is 14.8. The fourth-order valence-electron chi connectivity index (χ4n) is 7.65. The van der Waals surface area contributed by atoms with Gasteiger partial charge in [0, 0.05) is 17.1 Å². The molecule has 0 saturated heterocycles. The number of hydrogen-bond donors (Lipinski definition) is 0. The summed E-state index contributed by atoms with van der Waals surface area (Å²) in [6.45, 7) is 0. The second-order valence-corrected chi connectivity index (χ2v) is 16.7. The lowest BCUT2D eigenvalue weighted by Gasteiger charge is -2.39. The summed E-state index contributed by atoms with van der Waals surface area (Å²) in [5, 5.41) is 5.23. The Balaban J connectivity index is 1.15. The van der Waals surface area contributed by atoms with Crippen LogP contribution in [0.5, 0.6) is 11.5 Å². The zero-order valence-corrected chi connectivity index (χ0v) is 29.1. The van der Waals surface area contributed by atoms with Crippen LogP contribution in [-0.4, -0.2) is 8.07 Å². The zero-order chi connectivity index (χ0) is 34.0. The van der Waals surface area contributed by atoms with E-state index in [1.54, 1.807) is 0 Å². The van der Waals surface area contributed by atoms with Gasteiger partial charge in [-0.1, -0.05) is 164 Å². The molecule has 0 unspecified atom stereocenters. The first-order valence-corrected chi connectivity index (χ1v) is 19.4. The minimum atomic E-state index is -2.72. The number of rotatable bonds is 7. The van der Waals surface area contributed by atoms with E-state index in [4.69, 9.17) is 4.74 Å². The van der Waals surface area contributed by atoms with Gasteiger partial charge < -0.3 is 9.64 Å². The van der Waals surface area contributed by atoms with E-state index in [1.165, 1.54) is 37.4 Å². The molecule has 1 heterocycles. The highest BCUT2D eigenvalue weighted by Gasteiger charge is 2.47. The summed E-state index contributed by atoms with van der Waals surface area (Å²) in [7, 11) is -2.72. The molecular weight excluding hydrogens is 635 g/mol. The summed E-state index contributed by atoms with van der Waals surface area (Å²) in [6, 6.07) is 76.4. The molecule has 0 fully saturated rings. The lowest BCUT2D eigenvalue weighted by molar-refractivity contribution is 0.487. The molecule has 242 valence electrons. The van der Waals surface area contributed by atoms with Crippen LogP contribution in [0.1, 0.15) is 0 Å². The summed E-state index contributed by atoms with van der Waals surface area (Å²) >= 11 is 0. The van der Waals surface area contributed by atoms with Crippen molar-refractivity contribution >= 4 is 45.9 Å². The molecule has 0 N–H and O–H groups in total. The van der Waals surface area contributed by atoms with Crippen LogP contribution in [0.4, 0.5) is 17.1 Å². The Hall–Kier alpha value is -6.42. The number of hydrogen-bond acceptors (Lipinski definition) is 2. The van der Waals surface area contributed by atoms with Crippen LogP contribution in [0.25, 0.3) is 22.3 Å². The van der Waals surface area contributed by atoms with Crippen molar-refractivity contribution in [2.75, 3.05) is 4.90 Å². The quantitative estimate of drug-likeness (QED) is 0.157. The normalized spacial score (nSPS) is 12.6. The van der Waals surface area contributed by atoms with Crippen LogP contribution in [0, 0.1) is 0 Å². The van der Waals surface area contributed by atoms with Crippen molar-refractivity contribution in [3.05, 3.63) is 212 Å². The van der Waals surface area contributed by atoms with Gasteiger partial charge in [0.1, 0.15) is 11.5 Å². The lowest BCUT2D eigenvalue weighted by atomic mass is 10.0. The van der Waals surface area contributed by atoms with Gasteiger partial charge in [-0.2, -0.15) is 0 Å². The standard InChI is InChI=1S/C48H35NOSi/c1-5-15-36(16-6-1)37-25-30-41(31-26-37)49(40-17-7-2-8-18-40)42-32-27-38(28-33-42)39-29-34-46-48(35-39)51(43-19-9-3-10-20-43,44-21-11-4-12-22-44)47-24-14-13-23-45(47)50-46/h1-35H. The zero-order valence-electron chi connectivity index (χ0n) is 28.1. The first-order chi connectivity index (χ1) is 25.3. The minimum Gasteiger partial charge on any atom is -0.458 e. The highest BCUT2D eigenvalue weighted by Crippen LogP contribution is 2.37. The van der Waals surface area contributed by atoms with Gasteiger partial charge in [0.25, 0.3) is 0 Å². The highest BCUT2D eigenvalue weighted by molar-refractivity contribution is 7.20. The SMILES string of the molecule is c1ccc(-c2ccc(N(c3ccccc3)c3ccc(-c4ccc5c(c4)[Si](c4ccccc4)(c4ccccc4)c4ccccc4O5)cc3)cc2)cc1. The van der Waals surface area contributed by atoms with Crippen molar-refractivity contribution in [1.82, 2.24) is 0 Å². The van der Waals surface area contributed by atoms with Gasteiger partial charge in [-0.25, -0.2) is 0 Å². The Morgan fingerprint density at radius 2 is 0.725 bits per heavy atom. The second-order valence-electron chi connectivity index (χ2n) is 12.9. The number of para-hydroxylation sites is 2. The lowest BCUT2D eigenvalue weighted by Crippen LogP contribution is -2.76. The van der Waals surface area contributed by atoms with E-state index in [9.17, 15) is 0 Å². The van der Waals surface area contributed by atoms with Gasteiger partial charge in [-0.05, 0) is 91.5 Å². The van der Waals surface area contributed by atoms with E-state index in [1.807, 2.05) is 0 Å². The van der Waals surface area contributed by atoms with Crippen LogP contribution in [0.2, 0.25) is 0 Å². The molecule has 0 bridgehead atoms. The first kappa shape index (κ1) is 30.6. The largest absolute Gasteiger partial charge is 0.458 e. The predicted octanol–water partition coefficient (Wildman–Crippen LogP) is 9.97. The number of benzene rings is 8. The van der Waals surface area contributed by atoms with Gasteiger partial charge in [0.15, 0.2) is 8.07 Å². The maximum Gasteiger partial charge on any atom is 0.188 e. The van der Waals surface area contributed by atoms with E-state index in [-0.39, 0.29) is 0 Å². The van der Waals surface area contributed by atoms with E-state index < -0.39 is 8.07 Å². The molecule has 2 nitrogen and oxygen atoms in total. The fraction of sp³-hybridized carbons (Fsp3) is 0. The third-order valence-electron chi connectivity index (χ3n) is 10.0. The Kier molecular flexibility index (Phi) is 7.88. The molecule has 0 radical (unpaired) electrons. The smallest absolute Gasteiger partial charge is 0.188 e. The van der Waals surface area contributed by atoms with Crippen LogP contribution < -0.4 is 30.4 Å². The van der Waals surface area contributed by atoms with Crippen molar-refractivity contribution < 1.29 is 4.74 Å². The molecule has 0 atom stereocenters. The third kappa shape index (κ3) is 5.45. The maximum absolute atomic E-state index is 6.68. The molecular formula is C48H35NOSi. The van der Waals surface area contributed by atoms with Gasteiger partial charge in [0.2, 0.25) is 0 Å². The first-order valence-electron chi connectivity index (χ1n) is 17.4. The second kappa shape index (κ2) is 13.1. The summed E-state index contributed by atoms with van der Waals surface area (Å²) in [5.41, 5.74) is 8.08. The van der Waals surface area contributed by atoms with Gasteiger partial charge in [0.05, 0.1) is 0 Å². The summed E-state index contributed by atoms with van der Waals surface area (Å²) in [4.78, 5) is 2.32. The predicted molar refractivity (Wildman–Crippen MR) is 216 cm³/mol. The molecule has 8 aromatic rings. The average Bonchev–Trinajstić information content (AvgIpc) is 3.22. The maximum atomic E-state index is 6.68. The van der Waals surface area contributed by atoms with Crippen molar-refractivity contribution in [1.29, 1.82) is 0 Å². The van der Waals surface area contributed by atoms with E-state index >= 15 is 0 Å². The summed E-state index contributed by atoms with van der Waals surface area (Å²) < 4.78 is 6.68. The molecule has 9 rings (SSSR count). The van der Waals surface area contributed by atoms with E-state index in [0.29, 0.717) is 0 Å². The van der Waals surface area contributed by atoms with Crippen LogP contribution in [-0.2, 0) is 0 Å². The molecule has 0 amide bonds. The Bertz CT molecular complexity index is 2370. The Morgan fingerprint density at radius 1 is 0.314 bits per heavy atom. The van der Waals surface area contributed by atoms with Gasteiger partial charge in [-0.15, -0.1) is 0 Å². The van der Waals surface area contributed by atoms with E-state index in [2.05, 4.69) is 217 Å². The minimum absolute atomic E-state index is 0.933. The van der Waals surface area contributed by atoms with Crippen molar-refractivity contribution in [3.63, 3.8) is 0 Å². The molecule has 3 heteroatoms. The van der Waals surface area contributed by atoms with Gasteiger partial charge >= 0.3 is 0 Å². The Morgan fingerprint density at radius 3 is 1.31 bits per heavy atom. The summed E-state index contributed by atoms with van der Waals surface area (Å²) in [5.74, 6) is 1.88. The topological polar surface area (TPSA) is 12.5 Å². The molecule has 1 aliphatic rings. The average molecular weight is 670 g/mol. The van der Waals surface area contributed by atoms with Crippen LogP contribution in [0.15, 0.2) is 212 Å². The molecule has 0 aromatic heterocycles. The fourth-order valence-corrected chi connectivity index (χ4v) is 12.6. The van der Waals surface area contributed by atoms with E-state index in [0.717, 1.165) is 34.1 Å². The monoisotopic (exact) mass is 669 g/mol. The molecule has 0 spiro atoms.